The highest BCUT2D eigenvalue weighted by Gasteiger charge is 2.25. The van der Waals surface area contributed by atoms with E-state index >= 15 is 0 Å². The third kappa shape index (κ3) is 7.20. The van der Waals surface area contributed by atoms with Crippen LogP contribution >= 0.6 is 35.7 Å². The third-order valence-electron chi connectivity index (χ3n) is 5.34. The molecule has 2 aliphatic heterocycles. The first kappa shape index (κ1) is 24.0. The molecule has 1 unspecified atom stereocenters. The van der Waals surface area contributed by atoms with Gasteiger partial charge in [-0.2, -0.15) is 11.8 Å². The van der Waals surface area contributed by atoms with E-state index in [9.17, 15) is 4.79 Å². The predicted molar refractivity (Wildman–Crippen MR) is 132 cm³/mol. The van der Waals surface area contributed by atoms with Crippen molar-refractivity contribution in [2.45, 2.75) is 44.4 Å². The van der Waals surface area contributed by atoms with Crippen molar-refractivity contribution in [3.63, 3.8) is 0 Å². The number of hydrogen-bond acceptors (Lipinski definition) is 5. The van der Waals surface area contributed by atoms with Gasteiger partial charge in [0.2, 0.25) is 5.91 Å². The van der Waals surface area contributed by atoms with Gasteiger partial charge < -0.3 is 21.3 Å². The SMILES string of the molecule is CCNC(=NCc1cccnc1N1CCC(C(N)=O)CC1)NCC1CCCS1.I. The van der Waals surface area contributed by atoms with E-state index in [1.54, 1.807) is 0 Å². The van der Waals surface area contributed by atoms with Gasteiger partial charge in [-0.3, -0.25) is 4.79 Å². The van der Waals surface area contributed by atoms with E-state index in [1.807, 2.05) is 24.0 Å². The van der Waals surface area contributed by atoms with E-state index in [1.165, 1.54) is 18.6 Å². The summed E-state index contributed by atoms with van der Waals surface area (Å²) in [6, 6.07) is 4.04. The Morgan fingerprint density at radius 3 is 2.79 bits per heavy atom. The summed E-state index contributed by atoms with van der Waals surface area (Å²) in [5.74, 6) is 2.89. The predicted octanol–water partition coefficient (Wildman–Crippen LogP) is 2.35. The number of piperidine rings is 1. The molecule has 2 fully saturated rings. The molecule has 2 aliphatic rings. The minimum Gasteiger partial charge on any atom is -0.369 e. The number of nitrogens with zero attached hydrogens (tertiary/aromatic N) is 3. The zero-order valence-corrected chi connectivity index (χ0v) is 20.2. The van der Waals surface area contributed by atoms with Crippen molar-refractivity contribution in [1.82, 2.24) is 15.6 Å². The van der Waals surface area contributed by atoms with Gasteiger partial charge in [-0.1, -0.05) is 6.07 Å². The van der Waals surface area contributed by atoms with Crippen LogP contribution in [0.3, 0.4) is 0 Å². The average molecular weight is 532 g/mol. The first-order valence-electron chi connectivity index (χ1n) is 10.3. The van der Waals surface area contributed by atoms with Gasteiger partial charge in [0.25, 0.3) is 0 Å². The molecule has 0 spiro atoms. The molecule has 162 valence electrons. The minimum atomic E-state index is -0.188. The van der Waals surface area contributed by atoms with Gasteiger partial charge in [0, 0.05) is 49.1 Å². The lowest BCUT2D eigenvalue weighted by molar-refractivity contribution is -0.122. The number of pyridine rings is 1. The lowest BCUT2D eigenvalue weighted by atomic mass is 9.96. The molecular weight excluding hydrogens is 499 g/mol. The van der Waals surface area contributed by atoms with Crippen LogP contribution in [-0.4, -0.2) is 54.0 Å². The summed E-state index contributed by atoms with van der Waals surface area (Å²) < 4.78 is 0. The molecule has 0 aliphatic carbocycles. The number of rotatable bonds is 7. The number of amides is 1. The van der Waals surface area contributed by atoms with Crippen LogP contribution in [0.15, 0.2) is 23.3 Å². The van der Waals surface area contributed by atoms with Crippen LogP contribution in [0.2, 0.25) is 0 Å². The maximum atomic E-state index is 11.4. The molecule has 1 aromatic rings. The molecule has 3 heterocycles. The molecule has 29 heavy (non-hydrogen) atoms. The van der Waals surface area contributed by atoms with Crippen molar-refractivity contribution in [2.24, 2.45) is 16.6 Å². The molecule has 1 aromatic heterocycles. The number of nitrogens with one attached hydrogen (secondary N) is 2. The van der Waals surface area contributed by atoms with Crippen molar-refractivity contribution < 1.29 is 4.79 Å². The summed E-state index contributed by atoms with van der Waals surface area (Å²) in [4.78, 5) is 23.1. The summed E-state index contributed by atoms with van der Waals surface area (Å²) >= 11 is 2.05. The Labute approximate surface area is 195 Å². The summed E-state index contributed by atoms with van der Waals surface area (Å²) in [7, 11) is 0. The maximum absolute atomic E-state index is 11.4. The highest BCUT2D eigenvalue weighted by atomic mass is 127. The van der Waals surface area contributed by atoms with E-state index in [0.29, 0.717) is 11.8 Å². The first-order chi connectivity index (χ1) is 13.7. The molecule has 0 aromatic carbocycles. The first-order valence-corrected chi connectivity index (χ1v) is 11.3. The highest BCUT2D eigenvalue weighted by Crippen LogP contribution is 2.26. The van der Waals surface area contributed by atoms with Crippen LogP contribution in [0.5, 0.6) is 0 Å². The van der Waals surface area contributed by atoms with Crippen molar-refractivity contribution in [2.75, 3.05) is 36.8 Å². The Bertz CT molecular complexity index is 675. The second-order valence-electron chi connectivity index (χ2n) is 7.36. The van der Waals surface area contributed by atoms with Crippen molar-refractivity contribution in [1.29, 1.82) is 0 Å². The molecule has 1 amide bonds. The molecule has 1 atom stereocenters. The second-order valence-corrected chi connectivity index (χ2v) is 8.77. The van der Waals surface area contributed by atoms with Crippen molar-refractivity contribution >= 4 is 53.4 Å². The lowest BCUT2D eigenvalue weighted by Crippen LogP contribution is -2.40. The normalized spacial score (nSPS) is 20.2. The number of hydrogen-bond donors (Lipinski definition) is 3. The highest BCUT2D eigenvalue weighted by molar-refractivity contribution is 14.0. The van der Waals surface area contributed by atoms with Gasteiger partial charge in [0.1, 0.15) is 5.82 Å². The molecular formula is C20H33IN6OS. The third-order valence-corrected chi connectivity index (χ3v) is 6.74. The van der Waals surface area contributed by atoms with Crippen LogP contribution in [0, 0.1) is 5.92 Å². The van der Waals surface area contributed by atoms with Crippen LogP contribution in [0.4, 0.5) is 5.82 Å². The largest absolute Gasteiger partial charge is 0.369 e. The number of halogens is 1. The number of aromatic nitrogens is 1. The number of anilines is 1. The number of thioether (sulfide) groups is 1. The fraction of sp³-hybridized carbons (Fsp3) is 0.650. The van der Waals surface area contributed by atoms with Gasteiger partial charge in [-0.25, -0.2) is 9.98 Å². The molecule has 9 heteroatoms. The Balaban J connectivity index is 0.00000300. The van der Waals surface area contributed by atoms with E-state index in [4.69, 9.17) is 10.7 Å². The fourth-order valence-corrected chi connectivity index (χ4v) is 4.94. The minimum absolute atomic E-state index is 0. The smallest absolute Gasteiger partial charge is 0.220 e. The summed E-state index contributed by atoms with van der Waals surface area (Å²) in [6.07, 6.45) is 6.00. The second kappa shape index (κ2) is 12.5. The number of nitrogens with two attached hydrogens (primary N) is 1. The zero-order chi connectivity index (χ0) is 19.8. The molecule has 0 saturated carbocycles. The quantitative estimate of drug-likeness (QED) is 0.284. The topological polar surface area (TPSA) is 95.6 Å². The van der Waals surface area contributed by atoms with Crippen molar-refractivity contribution in [3.8, 4) is 0 Å². The van der Waals surface area contributed by atoms with Crippen molar-refractivity contribution in [3.05, 3.63) is 23.9 Å². The molecule has 3 rings (SSSR count). The monoisotopic (exact) mass is 532 g/mol. The molecule has 4 N–H and O–H groups in total. The average Bonchev–Trinajstić information content (AvgIpc) is 3.24. The van der Waals surface area contributed by atoms with E-state index in [-0.39, 0.29) is 35.8 Å². The van der Waals surface area contributed by atoms with Crippen LogP contribution in [-0.2, 0) is 11.3 Å². The van der Waals surface area contributed by atoms with E-state index in [2.05, 4.69) is 33.5 Å². The summed E-state index contributed by atoms with van der Waals surface area (Å²) in [5.41, 5.74) is 6.56. The molecule has 2 saturated heterocycles. The number of carbonyl (C=O) groups excluding carboxylic acids is 1. The van der Waals surface area contributed by atoms with Gasteiger partial charge >= 0.3 is 0 Å². The van der Waals surface area contributed by atoms with Gasteiger partial charge in [-0.15, -0.1) is 24.0 Å². The Hall–Kier alpha value is -1.23. The van der Waals surface area contributed by atoms with Gasteiger partial charge in [-0.05, 0) is 44.4 Å². The van der Waals surface area contributed by atoms with Crippen LogP contribution < -0.4 is 21.3 Å². The lowest BCUT2D eigenvalue weighted by Gasteiger charge is -2.32. The summed E-state index contributed by atoms with van der Waals surface area (Å²) in [6.45, 7) is 6.06. The number of guanidine groups is 1. The summed E-state index contributed by atoms with van der Waals surface area (Å²) in [5, 5.41) is 7.51. The van der Waals surface area contributed by atoms with Gasteiger partial charge in [0.05, 0.1) is 6.54 Å². The molecule has 0 radical (unpaired) electrons. The molecule has 7 nitrogen and oxygen atoms in total. The van der Waals surface area contributed by atoms with E-state index < -0.39 is 0 Å². The Kier molecular flexibility index (Phi) is 10.3. The standard InChI is InChI=1S/C20H32N6OS.HI/c1-2-22-20(25-14-17-6-4-12-28-17)24-13-16-5-3-9-23-19(16)26-10-7-15(8-11-26)18(21)27;/h3,5,9,15,17H,2,4,6-8,10-14H2,1H3,(H2,21,27)(H2,22,24,25);1H. The zero-order valence-electron chi connectivity index (χ0n) is 17.1. The maximum Gasteiger partial charge on any atom is 0.220 e. The number of aliphatic imine (C=N–C) groups is 1. The van der Waals surface area contributed by atoms with Crippen LogP contribution in [0.1, 0.15) is 38.2 Å². The van der Waals surface area contributed by atoms with E-state index in [0.717, 1.165) is 56.4 Å². The number of carbonyl (C=O) groups is 1. The Morgan fingerprint density at radius 2 is 2.14 bits per heavy atom. The van der Waals surface area contributed by atoms with Crippen LogP contribution in [0.25, 0.3) is 0 Å². The fourth-order valence-electron chi connectivity index (χ4n) is 3.74. The number of primary amides is 1. The van der Waals surface area contributed by atoms with Gasteiger partial charge in [0.15, 0.2) is 5.96 Å². The molecule has 0 bridgehead atoms. The Morgan fingerprint density at radius 1 is 1.34 bits per heavy atom.